The van der Waals surface area contributed by atoms with Crippen molar-refractivity contribution in [1.82, 2.24) is 0 Å². The first-order valence-corrected chi connectivity index (χ1v) is 4.04. The monoisotopic (exact) mass is 169 g/mol. The van der Waals surface area contributed by atoms with E-state index in [2.05, 4.69) is 4.99 Å². The summed E-state index contributed by atoms with van der Waals surface area (Å²) in [6, 6.07) is 0.0121. The number of isocyanates is 1. The Balaban J connectivity index is 2.39. The second-order valence-electron chi connectivity index (χ2n) is 3.06. The van der Waals surface area contributed by atoms with E-state index < -0.39 is 5.97 Å². The Bertz CT molecular complexity index is 202. The van der Waals surface area contributed by atoms with E-state index in [4.69, 9.17) is 5.11 Å². The molecule has 1 aliphatic carbocycles. The van der Waals surface area contributed by atoms with Crippen LogP contribution in [0, 0.1) is 5.92 Å². The molecule has 0 bridgehead atoms. The molecule has 1 rings (SSSR count). The fourth-order valence-electron chi connectivity index (χ4n) is 1.53. The lowest BCUT2D eigenvalue weighted by Crippen LogP contribution is -2.22. The molecular weight excluding hydrogens is 158 g/mol. The Morgan fingerprint density at radius 2 is 1.92 bits per heavy atom. The van der Waals surface area contributed by atoms with Gasteiger partial charge in [-0.15, -0.1) is 0 Å². The van der Waals surface area contributed by atoms with Gasteiger partial charge in [-0.1, -0.05) is 0 Å². The first kappa shape index (κ1) is 8.94. The molecule has 1 N–H and O–H groups in total. The maximum absolute atomic E-state index is 10.5. The zero-order chi connectivity index (χ0) is 8.97. The van der Waals surface area contributed by atoms with Gasteiger partial charge < -0.3 is 5.11 Å². The third-order valence-corrected chi connectivity index (χ3v) is 2.28. The van der Waals surface area contributed by atoms with Crippen molar-refractivity contribution in [2.24, 2.45) is 10.9 Å². The summed E-state index contributed by atoms with van der Waals surface area (Å²) >= 11 is 0. The number of nitrogens with zero attached hydrogens (tertiary/aromatic N) is 1. The number of carbonyl (C=O) groups excluding carboxylic acids is 1. The molecule has 0 unspecified atom stereocenters. The summed E-state index contributed by atoms with van der Waals surface area (Å²) in [5.74, 6) is -0.966. The van der Waals surface area contributed by atoms with Crippen LogP contribution in [0.4, 0.5) is 0 Å². The minimum atomic E-state index is -0.733. The van der Waals surface area contributed by atoms with E-state index in [0.717, 1.165) is 0 Å². The fraction of sp³-hybridized carbons (Fsp3) is 0.750. The largest absolute Gasteiger partial charge is 0.481 e. The van der Waals surface area contributed by atoms with Crippen LogP contribution in [-0.4, -0.2) is 23.2 Å². The van der Waals surface area contributed by atoms with Crippen molar-refractivity contribution in [2.75, 3.05) is 0 Å². The van der Waals surface area contributed by atoms with Crippen molar-refractivity contribution in [1.29, 1.82) is 0 Å². The number of carboxylic acids is 1. The number of carboxylic acid groups (broad SMARTS) is 1. The highest BCUT2D eigenvalue weighted by molar-refractivity contribution is 5.70. The molecule has 0 saturated heterocycles. The third-order valence-electron chi connectivity index (χ3n) is 2.28. The maximum Gasteiger partial charge on any atom is 0.306 e. The van der Waals surface area contributed by atoms with Gasteiger partial charge in [0.2, 0.25) is 6.08 Å². The Kier molecular flexibility index (Phi) is 3.00. The minimum Gasteiger partial charge on any atom is -0.481 e. The number of rotatable bonds is 2. The number of carbonyl (C=O) groups is 1. The van der Waals surface area contributed by atoms with Gasteiger partial charge in [0.25, 0.3) is 0 Å². The Hall–Kier alpha value is -1.15. The molecule has 1 fully saturated rings. The number of hydrogen-bond donors (Lipinski definition) is 1. The van der Waals surface area contributed by atoms with Gasteiger partial charge in [-0.05, 0) is 25.7 Å². The van der Waals surface area contributed by atoms with Crippen LogP contribution in [-0.2, 0) is 9.59 Å². The van der Waals surface area contributed by atoms with Crippen molar-refractivity contribution in [2.45, 2.75) is 31.7 Å². The van der Waals surface area contributed by atoms with E-state index in [1.165, 1.54) is 6.08 Å². The summed E-state index contributed by atoms with van der Waals surface area (Å²) in [6.07, 6.45) is 4.17. The second kappa shape index (κ2) is 4.02. The van der Waals surface area contributed by atoms with E-state index in [1.54, 1.807) is 0 Å². The average Bonchev–Trinajstić information content (AvgIpc) is 2.06. The Labute approximate surface area is 70.3 Å². The Morgan fingerprint density at radius 1 is 1.33 bits per heavy atom. The molecule has 0 aromatic rings. The molecule has 4 nitrogen and oxygen atoms in total. The predicted octanol–water partition coefficient (Wildman–Crippen LogP) is 0.966. The van der Waals surface area contributed by atoms with Gasteiger partial charge in [-0.2, -0.15) is 0 Å². The lowest BCUT2D eigenvalue weighted by molar-refractivity contribution is -0.142. The van der Waals surface area contributed by atoms with Crippen LogP contribution in [0.5, 0.6) is 0 Å². The van der Waals surface area contributed by atoms with Crippen LogP contribution in [0.1, 0.15) is 25.7 Å². The first-order valence-electron chi connectivity index (χ1n) is 4.04. The van der Waals surface area contributed by atoms with Crippen LogP contribution in [0.3, 0.4) is 0 Å². The van der Waals surface area contributed by atoms with Gasteiger partial charge in [0.1, 0.15) is 0 Å². The van der Waals surface area contributed by atoms with Crippen LogP contribution in [0.25, 0.3) is 0 Å². The first-order chi connectivity index (χ1) is 5.74. The van der Waals surface area contributed by atoms with Gasteiger partial charge in [0, 0.05) is 0 Å². The third kappa shape index (κ3) is 2.17. The second-order valence-corrected chi connectivity index (χ2v) is 3.06. The van der Waals surface area contributed by atoms with E-state index >= 15 is 0 Å². The van der Waals surface area contributed by atoms with Crippen molar-refractivity contribution in [3.05, 3.63) is 0 Å². The quantitative estimate of drug-likeness (QED) is 0.494. The van der Waals surface area contributed by atoms with Crippen molar-refractivity contribution in [3.8, 4) is 0 Å². The molecule has 1 saturated carbocycles. The molecule has 0 heterocycles. The molecule has 0 amide bonds. The highest BCUT2D eigenvalue weighted by Crippen LogP contribution is 2.25. The van der Waals surface area contributed by atoms with Crippen LogP contribution < -0.4 is 0 Å². The summed E-state index contributed by atoms with van der Waals surface area (Å²) in [5, 5.41) is 8.65. The van der Waals surface area contributed by atoms with Gasteiger partial charge in [0.15, 0.2) is 0 Å². The number of aliphatic carboxylic acids is 1. The fourth-order valence-corrected chi connectivity index (χ4v) is 1.53. The van der Waals surface area contributed by atoms with E-state index in [-0.39, 0.29) is 12.0 Å². The molecule has 12 heavy (non-hydrogen) atoms. The smallest absolute Gasteiger partial charge is 0.306 e. The maximum atomic E-state index is 10.5. The van der Waals surface area contributed by atoms with Crippen LogP contribution in [0.2, 0.25) is 0 Å². The normalized spacial score (nSPS) is 29.0. The highest BCUT2D eigenvalue weighted by atomic mass is 16.4. The molecule has 66 valence electrons. The van der Waals surface area contributed by atoms with Gasteiger partial charge in [0.05, 0.1) is 12.0 Å². The zero-order valence-electron chi connectivity index (χ0n) is 6.69. The SMILES string of the molecule is O=C=NC1CCC(C(=O)O)CC1. The number of aliphatic imine (C=N–C) groups is 1. The van der Waals surface area contributed by atoms with Gasteiger partial charge in [-0.3, -0.25) is 4.79 Å². The number of hydrogen-bond acceptors (Lipinski definition) is 3. The van der Waals surface area contributed by atoms with Crippen molar-refractivity contribution in [3.63, 3.8) is 0 Å². The lowest BCUT2D eigenvalue weighted by atomic mass is 9.86. The van der Waals surface area contributed by atoms with Crippen molar-refractivity contribution < 1.29 is 14.7 Å². The topological polar surface area (TPSA) is 66.7 Å². The standard InChI is InChI=1S/C8H11NO3/c10-5-9-7-3-1-6(2-4-7)8(11)12/h6-7H,1-4H2,(H,11,12). The highest BCUT2D eigenvalue weighted by Gasteiger charge is 2.25. The summed E-state index contributed by atoms with van der Waals surface area (Å²) in [5.41, 5.74) is 0. The predicted molar refractivity (Wildman–Crippen MR) is 41.5 cm³/mol. The van der Waals surface area contributed by atoms with E-state index in [1.807, 2.05) is 0 Å². The molecule has 4 heteroatoms. The molecule has 0 spiro atoms. The molecule has 0 atom stereocenters. The Morgan fingerprint density at radius 3 is 2.33 bits per heavy atom. The van der Waals surface area contributed by atoms with Gasteiger partial charge >= 0.3 is 5.97 Å². The minimum absolute atomic E-state index is 0.0121. The van der Waals surface area contributed by atoms with Crippen molar-refractivity contribution >= 4 is 12.0 Å². The average molecular weight is 169 g/mol. The van der Waals surface area contributed by atoms with Crippen LogP contribution >= 0.6 is 0 Å². The van der Waals surface area contributed by atoms with Gasteiger partial charge in [-0.25, -0.2) is 9.79 Å². The lowest BCUT2D eigenvalue weighted by Gasteiger charge is -2.21. The van der Waals surface area contributed by atoms with E-state index in [9.17, 15) is 9.59 Å². The molecular formula is C8H11NO3. The molecule has 1 aliphatic rings. The molecule has 0 radical (unpaired) electrons. The molecule has 0 aliphatic heterocycles. The van der Waals surface area contributed by atoms with E-state index in [0.29, 0.717) is 25.7 Å². The summed E-state index contributed by atoms with van der Waals surface area (Å²) in [4.78, 5) is 24.0. The zero-order valence-corrected chi connectivity index (χ0v) is 6.69. The molecule has 0 aromatic carbocycles. The summed E-state index contributed by atoms with van der Waals surface area (Å²) in [6.45, 7) is 0. The summed E-state index contributed by atoms with van der Waals surface area (Å²) in [7, 11) is 0. The molecule has 0 aromatic heterocycles. The summed E-state index contributed by atoms with van der Waals surface area (Å²) < 4.78 is 0. The van der Waals surface area contributed by atoms with Crippen LogP contribution in [0.15, 0.2) is 4.99 Å².